The maximum atomic E-state index is 13.2. The smallest absolute Gasteiger partial charge is 0.425 e. The highest BCUT2D eigenvalue weighted by Crippen LogP contribution is 2.33. The molecule has 0 N–H and O–H groups in total. The van der Waals surface area contributed by atoms with Crippen molar-refractivity contribution < 1.29 is 31.1 Å². The maximum absolute atomic E-state index is 13.2. The maximum Gasteiger partial charge on any atom is 0.425 e. The minimum Gasteiger partial charge on any atom is -0.480 e. The Morgan fingerprint density at radius 1 is 1.17 bits per heavy atom. The second kappa shape index (κ2) is 7.77. The lowest BCUT2D eigenvalue weighted by molar-refractivity contribution is -0.189. The van der Waals surface area contributed by atoms with Gasteiger partial charge in [0.25, 0.3) is 5.91 Å². The summed E-state index contributed by atoms with van der Waals surface area (Å²) >= 11 is 6.14. The van der Waals surface area contributed by atoms with E-state index in [1.807, 2.05) is 13.0 Å². The van der Waals surface area contributed by atoms with Crippen LogP contribution in [-0.2, 0) is 22.9 Å². The van der Waals surface area contributed by atoms with Crippen molar-refractivity contribution in [1.82, 2.24) is 4.90 Å². The Hall–Kier alpha value is -2.26. The number of benzene rings is 2. The van der Waals surface area contributed by atoms with Gasteiger partial charge in [-0.1, -0.05) is 17.7 Å². The molecule has 1 heterocycles. The first-order chi connectivity index (χ1) is 13.8. The molecule has 0 radical (unpaired) electrons. The summed E-state index contributed by atoms with van der Waals surface area (Å²) in [6.07, 6.45) is -5.87. The van der Waals surface area contributed by atoms with Gasteiger partial charge in [0.1, 0.15) is 5.75 Å². The Morgan fingerprint density at radius 3 is 2.33 bits per heavy atom. The molecule has 0 saturated heterocycles. The number of carbonyl (C=O) groups is 1. The molecular weight excluding hydrogens is 443 g/mol. The molecule has 0 saturated carbocycles. The third kappa shape index (κ3) is 4.57. The highest BCUT2D eigenvalue weighted by molar-refractivity contribution is 7.90. The van der Waals surface area contributed by atoms with Gasteiger partial charge in [0.2, 0.25) is 0 Å². The highest BCUT2D eigenvalue weighted by Gasteiger charge is 2.39. The quantitative estimate of drug-likeness (QED) is 0.670. The van der Waals surface area contributed by atoms with E-state index in [1.165, 1.54) is 4.90 Å². The van der Waals surface area contributed by atoms with Crippen LogP contribution in [0.15, 0.2) is 35.2 Å². The summed E-state index contributed by atoms with van der Waals surface area (Å²) in [5.74, 6) is -0.961. The second-order valence-corrected chi connectivity index (χ2v) is 9.69. The lowest BCUT2D eigenvalue weighted by Gasteiger charge is -2.22. The van der Waals surface area contributed by atoms with E-state index in [4.69, 9.17) is 16.3 Å². The van der Waals surface area contributed by atoms with Gasteiger partial charge >= 0.3 is 6.18 Å². The van der Waals surface area contributed by atoms with Crippen LogP contribution in [0.5, 0.6) is 5.75 Å². The van der Waals surface area contributed by atoms with Crippen molar-refractivity contribution in [2.75, 3.05) is 6.26 Å². The average Bonchev–Trinajstić information content (AvgIpc) is 3.02. The molecule has 0 aliphatic carbocycles. The Labute approximate surface area is 177 Å². The van der Waals surface area contributed by atoms with Gasteiger partial charge in [-0.15, -0.1) is 0 Å². The van der Waals surface area contributed by atoms with Crippen molar-refractivity contribution in [3.8, 4) is 5.75 Å². The molecule has 2 aromatic rings. The molecule has 0 spiro atoms. The summed E-state index contributed by atoms with van der Waals surface area (Å²) in [5, 5.41) is 0.546. The van der Waals surface area contributed by atoms with E-state index in [0.29, 0.717) is 5.02 Å². The van der Waals surface area contributed by atoms with Crippen molar-refractivity contribution >= 4 is 27.3 Å². The Kier molecular flexibility index (Phi) is 5.81. The number of hydrogen-bond acceptors (Lipinski definition) is 4. The largest absolute Gasteiger partial charge is 0.480 e. The molecule has 1 atom stereocenters. The molecule has 1 amide bonds. The van der Waals surface area contributed by atoms with Gasteiger partial charge in [0, 0.05) is 24.4 Å². The van der Waals surface area contributed by atoms with Gasteiger partial charge in [-0.25, -0.2) is 8.42 Å². The standard InChI is InChI=1S/C20H19ClF3NO4S/c1-11-6-13-9-25(10-14(13)7-17(11)21)19(26)16-8-15(30(3,27)28)4-5-18(16)29-12(2)20(22,23)24/h4-8,12H,9-10H2,1-3H3/t12-/m0/s1. The van der Waals surface area contributed by atoms with Gasteiger partial charge in [0.15, 0.2) is 15.9 Å². The zero-order valence-corrected chi connectivity index (χ0v) is 18.0. The summed E-state index contributed by atoms with van der Waals surface area (Å²) in [4.78, 5) is 14.4. The van der Waals surface area contributed by atoms with Gasteiger partial charge < -0.3 is 9.64 Å². The van der Waals surface area contributed by atoms with E-state index >= 15 is 0 Å². The normalized spacial score (nSPS) is 15.1. The zero-order valence-electron chi connectivity index (χ0n) is 16.4. The Morgan fingerprint density at radius 2 is 1.77 bits per heavy atom. The molecule has 3 rings (SSSR count). The van der Waals surface area contributed by atoms with E-state index < -0.39 is 28.0 Å². The number of hydrogen-bond donors (Lipinski definition) is 0. The van der Waals surface area contributed by atoms with E-state index in [-0.39, 0.29) is 29.3 Å². The molecule has 162 valence electrons. The first-order valence-corrected chi connectivity index (χ1v) is 11.2. The molecule has 1 aliphatic rings. The molecule has 5 nitrogen and oxygen atoms in total. The van der Waals surface area contributed by atoms with Crippen molar-refractivity contribution in [3.63, 3.8) is 0 Å². The number of nitrogens with zero attached hydrogens (tertiary/aromatic N) is 1. The third-order valence-electron chi connectivity index (χ3n) is 4.86. The highest BCUT2D eigenvalue weighted by atomic mass is 35.5. The zero-order chi connectivity index (χ0) is 22.4. The average molecular weight is 462 g/mol. The molecule has 2 aromatic carbocycles. The molecule has 10 heteroatoms. The number of amides is 1. The molecule has 0 bridgehead atoms. The van der Waals surface area contributed by atoms with Crippen LogP contribution in [0.4, 0.5) is 13.2 Å². The number of ether oxygens (including phenoxy) is 1. The van der Waals surface area contributed by atoms with Crippen molar-refractivity contribution in [2.45, 2.75) is 44.1 Å². The van der Waals surface area contributed by atoms with Gasteiger partial charge in [-0.3, -0.25) is 4.79 Å². The summed E-state index contributed by atoms with van der Waals surface area (Å²) in [5.41, 5.74) is 2.29. The predicted octanol–water partition coefficient (Wildman–Crippen LogP) is 4.54. The van der Waals surface area contributed by atoms with Gasteiger partial charge in [-0.2, -0.15) is 13.2 Å². The molecule has 1 aliphatic heterocycles. The molecule has 0 fully saturated rings. The third-order valence-corrected chi connectivity index (χ3v) is 6.38. The fourth-order valence-electron chi connectivity index (χ4n) is 3.12. The number of rotatable bonds is 4. The second-order valence-electron chi connectivity index (χ2n) is 7.26. The molecule has 30 heavy (non-hydrogen) atoms. The van der Waals surface area contributed by atoms with E-state index in [0.717, 1.165) is 48.1 Å². The molecule has 0 unspecified atom stereocenters. The van der Waals surface area contributed by atoms with Crippen molar-refractivity contribution in [2.24, 2.45) is 0 Å². The predicted molar refractivity (Wildman–Crippen MR) is 105 cm³/mol. The van der Waals surface area contributed by atoms with E-state index in [9.17, 15) is 26.4 Å². The number of halogens is 4. The van der Waals surface area contributed by atoms with Crippen LogP contribution in [0.25, 0.3) is 0 Å². The molecular formula is C20H19ClF3NO4S. The van der Waals surface area contributed by atoms with Crippen LogP contribution < -0.4 is 4.74 Å². The van der Waals surface area contributed by atoms with Crippen LogP contribution in [0.1, 0.15) is 34.0 Å². The van der Waals surface area contributed by atoms with E-state index in [1.54, 1.807) is 6.07 Å². The summed E-state index contributed by atoms with van der Waals surface area (Å²) in [7, 11) is -3.69. The first kappa shape index (κ1) is 22.4. The fraction of sp³-hybridized carbons (Fsp3) is 0.350. The molecule has 0 aromatic heterocycles. The first-order valence-electron chi connectivity index (χ1n) is 8.92. The minimum atomic E-state index is -4.64. The summed E-state index contributed by atoms with van der Waals surface area (Å²) in [6.45, 7) is 3.07. The van der Waals surface area contributed by atoms with Crippen molar-refractivity contribution in [3.05, 3.63) is 57.6 Å². The number of alkyl halides is 3. The van der Waals surface area contributed by atoms with Crippen molar-refractivity contribution in [1.29, 1.82) is 0 Å². The van der Waals surface area contributed by atoms with Crippen LogP contribution in [0, 0.1) is 6.92 Å². The van der Waals surface area contributed by atoms with Crippen LogP contribution in [-0.4, -0.2) is 37.8 Å². The minimum absolute atomic E-state index is 0.187. The summed E-state index contributed by atoms with van der Waals surface area (Å²) < 4.78 is 67.7. The van der Waals surface area contributed by atoms with E-state index in [2.05, 4.69) is 0 Å². The van der Waals surface area contributed by atoms with Crippen LogP contribution in [0.3, 0.4) is 0 Å². The number of sulfone groups is 1. The SMILES string of the molecule is Cc1cc2c(cc1Cl)CN(C(=O)c1cc(S(C)(=O)=O)ccc1O[C@@H](C)C(F)(F)F)C2. The van der Waals surface area contributed by atoms with Crippen LogP contribution >= 0.6 is 11.6 Å². The van der Waals surface area contributed by atoms with Gasteiger partial charge in [-0.05, 0) is 54.8 Å². The summed E-state index contributed by atoms with van der Waals surface area (Å²) in [6, 6.07) is 6.84. The number of aryl methyl sites for hydroxylation is 1. The Bertz CT molecular complexity index is 1080. The Balaban J connectivity index is 1.99. The monoisotopic (exact) mass is 461 g/mol. The lowest BCUT2D eigenvalue weighted by Crippen LogP contribution is -2.32. The van der Waals surface area contributed by atoms with Crippen LogP contribution in [0.2, 0.25) is 5.02 Å². The lowest BCUT2D eigenvalue weighted by atomic mass is 10.1. The fourth-order valence-corrected chi connectivity index (χ4v) is 3.96. The number of fused-ring (bicyclic) bond motifs is 1. The topological polar surface area (TPSA) is 63.7 Å². The number of carbonyl (C=O) groups excluding carboxylic acids is 1. The van der Waals surface area contributed by atoms with Gasteiger partial charge in [0.05, 0.1) is 10.5 Å².